The van der Waals surface area contributed by atoms with Gasteiger partial charge in [0.15, 0.2) is 0 Å². The van der Waals surface area contributed by atoms with Crippen LogP contribution < -0.4 is 0 Å². The molecule has 2 nitrogen and oxygen atoms in total. The second-order valence-corrected chi connectivity index (χ2v) is 2.99. The van der Waals surface area contributed by atoms with Gasteiger partial charge in [-0.2, -0.15) is 0 Å². The first-order valence-corrected chi connectivity index (χ1v) is 4.62. The first kappa shape index (κ1) is 11.4. The van der Waals surface area contributed by atoms with Crippen LogP contribution in [0, 0.1) is 17.7 Å². The van der Waals surface area contributed by atoms with Gasteiger partial charge >= 0.3 is 0 Å². The largest absolute Gasteiger partial charge is 0.396 e. The maximum absolute atomic E-state index is 13.1. The van der Waals surface area contributed by atoms with Crippen molar-refractivity contribution in [1.82, 2.24) is 0 Å². The molecule has 1 aromatic rings. The predicted octanol–water partition coefficient (Wildman–Crippen LogP) is 1.76. The Labute approximate surface area is 87.7 Å². The van der Waals surface area contributed by atoms with Crippen molar-refractivity contribution in [2.75, 3.05) is 6.61 Å². The van der Waals surface area contributed by atoms with E-state index < -0.39 is 5.82 Å². The summed E-state index contributed by atoms with van der Waals surface area (Å²) in [6.45, 7) is 0.0749. The Morgan fingerprint density at radius 2 is 2.27 bits per heavy atom. The van der Waals surface area contributed by atoms with E-state index in [1.165, 1.54) is 18.2 Å². The summed E-state index contributed by atoms with van der Waals surface area (Å²) in [4.78, 5) is 10.4. The Hall–Kier alpha value is -1.66. The second kappa shape index (κ2) is 5.94. The van der Waals surface area contributed by atoms with Crippen LogP contribution in [0.1, 0.15) is 28.8 Å². The van der Waals surface area contributed by atoms with Crippen molar-refractivity contribution in [3.05, 3.63) is 35.1 Å². The van der Waals surface area contributed by atoms with Crippen LogP contribution in [0.5, 0.6) is 0 Å². The smallest absolute Gasteiger partial charge is 0.150 e. The molecule has 0 aliphatic carbocycles. The summed E-state index contributed by atoms with van der Waals surface area (Å²) in [5.41, 5.74) is 0.625. The van der Waals surface area contributed by atoms with Crippen LogP contribution in [0.15, 0.2) is 18.2 Å². The molecule has 0 bridgehead atoms. The van der Waals surface area contributed by atoms with Crippen molar-refractivity contribution in [1.29, 1.82) is 0 Å². The van der Waals surface area contributed by atoms with Gasteiger partial charge in [0.05, 0.1) is 5.56 Å². The molecule has 1 aromatic carbocycles. The van der Waals surface area contributed by atoms with E-state index in [4.69, 9.17) is 5.11 Å². The highest BCUT2D eigenvalue weighted by Crippen LogP contribution is 2.07. The molecule has 0 aliphatic rings. The van der Waals surface area contributed by atoms with Gasteiger partial charge in [-0.1, -0.05) is 11.8 Å². The summed E-state index contributed by atoms with van der Waals surface area (Å²) in [6.07, 6.45) is 1.74. The monoisotopic (exact) mass is 206 g/mol. The summed E-state index contributed by atoms with van der Waals surface area (Å²) in [6, 6.07) is 4.04. The van der Waals surface area contributed by atoms with Gasteiger partial charge in [-0.25, -0.2) is 4.39 Å². The van der Waals surface area contributed by atoms with Crippen molar-refractivity contribution in [2.24, 2.45) is 0 Å². The minimum Gasteiger partial charge on any atom is -0.396 e. The van der Waals surface area contributed by atoms with E-state index in [1.807, 2.05) is 0 Å². The predicted molar refractivity (Wildman–Crippen MR) is 55.0 cm³/mol. The molecule has 0 saturated heterocycles. The first-order valence-electron chi connectivity index (χ1n) is 4.62. The molecule has 0 aromatic heterocycles. The quantitative estimate of drug-likeness (QED) is 0.465. The molecule has 1 N–H and O–H groups in total. The van der Waals surface area contributed by atoms with E-state index >= 15 is 0 Å². The van der Waals surface area contributed by atoms with Gasteiger partial charge in [0, 0.05) is 18.6 Å². The first-order chi connectivity index (χ1) is 7.27. The van der Waals surface area contributed by atoms with Crippen molar-refractivity contribution < 1.29 is 14.3 Å². The van der Waals surface area contributed by atoms with Gasteiger partial charge in [0.25, 0.3) is 0 Å². The van der Waals surface area contributed by atoms with Gasteiger partial charge in [0.2, 0.25) is 0 Å². The molecule has 1 rings (SSSR count). The Bertz CT molecular complexity index is 402. The number of carbonyl (C=O) groups is 1. The normalized spacial score (nSPS) is 9.20. The van der Waals surface area contributed by atoms with Crippen molar-refractivity contribution in [2.45, 2.75) is 12.8 Å². The molecule has 0 fully saturated rings. The van der Waals surface area contributed by atoms with E-state index in [0.29, 0.717) is 24.7 Å². The summed E-state index contributed by atoms with van der Waals surface area (Å²) >= 11 is 0. The van der Waals surface area contributed by atoms with Crippen LogP contribution in [0.4, 0.5) is 4.39 Å². The third kappa shape index (κ3) is 3.53. The standard InChI is InChI=1S/C12H11FO2/c13-12-6-5-10(9-15)8-11(12)4-2-1-3-7-14/h5-6,8-9,14H,1,3,7H2. The topological polar surface area (TPSA) is 37.3 Å². The van der Waals surface area contributed by atoms with Crippen molar-refractivity contribution >= 4 is 6.29 Å². The number of carbonyl (C=O) groups excluding carboxylic acids is 1. The molecule has 0 spiro atoms. The summed E-state index contributed by atoms with van der Waals surface area (Å²) in [7, 11) is 0. The number of hydrogen-bond donors (Lipinski definition) is 1. The Morgan fingerprint density at radius 1 is 1.47 bits per heavy atom. The number of unbranched alkanes of at least 4 members (excludes halogenated alkanes) is 1. The third-order valence-corrected chi connectivity index (χ3v) is 1.81. The summed E-state index contributed by atoms with van der Waals surface area (Å²) in [5.74, 6) is 4.92. The number of hydrogen-bond acceptors (Lipinski definition) is 2. The van der Waals surface area contributed by atoms with Crippen LogP contribution >= 0.6 is 0 Å². The van der Waals surface area contributed by atoms with E-state index in [0.717, 1.165) is 0 Å². The molecule has 0 saturated carbocycles. The van der Waals surface area contributed by atoms with E-state index in [2.05, 4.69) is 11.8 Å². The average Bonchev–Trinajstić information content (AvgIpc) is 2.26. The van der Waals surface area contributed by atoms with Crippen LogP contribution in [-0.4, -0.2) is 18.0 Å². The molecular formula is C12H11FO2. The molecular weight excluding hydrogens is 195 g/mol. The van der Waals surface area contributed by atoms with Crippen LogP contribution in [0.3, 0.4) is 0 Å². The highest BCUT2D eigenvalue weighted by molar-refractivity contribution is 5.75. The fourth-order valence-electron chi connectivity index (χ4n) is 1.04. The van der Waals surface area contributed by atoms with Gasteiger partial charge in [-0.15, -0.1) is 0 Å². The molecule has 15 heavy (non-hydrogen) atoms. The molecule has 0 aliphatic heterocycles. The van der Waals surface area contributed by atoms with Crippen LogP contribution in [-0.2, 0) is 0 Å². The Morgan fingerprint density at radius 3 is 2.93 bits per heavy atom. The zero-order valence-corrected chi connectivity index (χ0v) is 8.16. The van der Waals surface area contributed by atoms with Crippen LogP contribution in [0.25, 0.3) is 0 Å². The lowest BCUT2D eigenvalue weighted by molar-refractivity contribution is 0.112. The fraction of sp³-hybridized carbons (Fsp3) is 0.250. The molecule has 0 atom stereocenters. The Kier molecular flexibility index (Phi) is 4.52. The average molecular weight is 206 g/mol. The lowest BCUT2D eigenvalue weighted by Crippen LogP contribution is -1.87. The number of rotatable bonds is 3. The third-order valence-electron chi connectivity index (χ3n) is 1.81. The zero-order valence-electron chi connectivity index (χ0n) is 8.16. The molecule has 0 heterocycles. The Balaban J connectivity index is 2.81. The van der Waals surface area contributed by atoms with Crippen molar-refractivity contribution in [3.8, 4) is 11.8 Å². The number of benzene rings is 1. The van der Waals surface area contributed by atoms with Gasteiger partial charge in [0.1, 0.15) is 12.1 Å². The maximum Gasteiger partial charge on any atom is 0.150 e. The highest BCUT2D eigenvalue weighted by atomic mass is 19.1. The van der Waals surface area contributed by atoms with E-state index in [9.17, 15) is 9.18 Å². The summed E-state index contributed by atoms with van der Waals surface area (Å²) < 4.78 is 13.1. The van der Waals surface area contributed by atoms with Crippen molar-refractivity contribution in [3.63, 3.8) is 0 Å². The maximum atomic E-state index is 13.1. The highest BCUT2D eigenvalue weighted by Gasteiger charge is 1.99. The number of aliphatic hydroxyl groups is 1. The molecule has 0 radical (unpaired) electrons. The van der Waals surface area contributed by atoms with Gasteiger partial charge in [-0.05, 0) is 24.6 Å². The van der Waals surface area contributed by atoms with Crippen LogP contribution in [0.2, 0.25) is 0 Å². The molecule has 0 amide bonds. The summed E-state index contributed by atoms with van der Waals surface area (Å²) in [5, 5.41) is 8.51. The zero-order chi connectivity index (χ0) is 11.1. The molecule has 0 unspecified atom stereocenters. The second-order valence-electron chi connectivity index (χ2n) is 2.99. The SMILES string of the molecule is O=Cc1ccc(F)c(C#CCCCO)c1. The number of aliphatic hydroxyl groups excluding tert-OH is 1. The number of halogens is 1. The fourth-order valence-corrected chi connectivity index (χ4v) is 1.04. The molecule has 3 heteroatoms. The molecule has 78 valence electrons. The van der Waals surface area contributed by atoms with E-state index in [1.54, 1.807) is 0 Å². The van der Waals surface area contributed by atoms with Gasteiger partial charge < -0.3 is 5.11 Å². The lowest BCUT2D eigenvalue weighted by atomic mass is 10.1. The van der Waals surface area contributed by atoms with E-state index in [-0.39, 0.29) is 12.2 Å². The minimum absolute atomic E-state index is 0.0749. The number of aldehydes is 1. The van der Waals surface area contributed by atoms with Gasteiger partial charge in [-0.3, -0.25) is 4.79 Å². The lowest BCUT2D eigenvalue weighted by Gasteiger charge is -1.95. The minimum atomic E-state index is -0.433.